The van der Waals surface area contributed by atoms with Crippen LogP contribution in [0, 0.1) is 0 Å². The number of halogens is 1. The fraction of sp³-hybridized carbons (Fsp3) is 0.429. The van der Waals surface area contributed by atoms with Crippen molar-refractivity contribution in [3.05, 3.63) is 34.9 Å². The van der Waals surface area contributed by atoms with E-state index in [1.54, 1.807) is 0 Å². The predicted octanol–water partition coefficient (Wildman–Crippen LogP) is 1.02. The highest BCUT2D eigenvalue weighted by Gasteiger charge is 2.08. The van der Waals surface area contributed by atoms with Gasteiger partial charge in [0, 0.05) is 18.1 Å². The summed E-state index contributed by atoms with van der Waals surface area (Å²) in [6.45, 7) is 3.29. The normalized spacial score (nSPS) is 10.4. The molecule has 0 spiro atoms. The van der Waals surface area contributed by atoms with Crippen LogP contribution in [-0.2, 0) is 16.1 Å². The molecular weight excluding hydrogens is 278 g/mol. The van der Waals surface area contributed by atoms with Crippen molar-refractivity contribution in [2.75, 3.05) is 26.7 Å². The first-order valence-corrected chi connectivity index (χ1v) is 6.85. The maximum atomic E-state index is 11.7. The molecule has 1 aromatic rings. The third-order valence-electron chi connectivity index (χ3n) is 2.60. The highest BCUT2D eigenvalue weighted by atomic mass is 35.5. The van der Waals surface area contributed by atoms with Gasteiger partial charge in [-0.25, -0.2) is 0 Å². The van der Waals surface area contributed by atoms with Gasteiger partial charge in [0.05, 0.1) is 13.1 Å². The number of benzene rings is 1. The Bertz CT molecular complexity index is 448. The Morgan fingerprint density at radius 1 is 1.15 bits per heavy atom. The van der Waals surface area contributed by atoms with E-state index in [0.29, 0.717) is 18.1 Å². The van der Waals surface area contributed by atoms with Crippen LogP contribution in [0.3, 0.4) is 0 Å². The van der Waals surface area contributed by atoms with Gasteiger partial charge in [-0.3, -0.25) is 14.5 Å². The van der Waals surface area contributed by atoms with Gasteiger partial charge in [0.15, 0.2) is 0 Å². The van der Waals surface area contributed by atoms with Crippen molar-refractivity contribution in [2.45, 2.75) is 13.5 Å². The van der Waals surface area contributed by atoms with Gasteiger partial charge in [0.1, 0.15) is 0 Å². The Balaban J connectivity index is 2.30. The lowest BCUT2D eigenvalue weighted by atomic mass is 10.2. The molecule has 1 rings (SSSR count). The van der Waals surface area contributed by atoms with Crippen LogP contribution in [0.2, 0.25) is 5.02 Å². The van der Waals surface area contributed by atoms with E-state index in [2.05, 4.69) is 10.6 Å². The number of amides is 2. The van der Waals surface area contributed by atoms with Crippen molar-refractivity contribution in [3.8, 4) is 0 Å². The van der Waals surface area contributed by atoms with Gasteiger partial charge in [-0.05, 0) is 31.7 Å². The Labute approximate surface area is 124 Å². The first-order valence-electron chi connectivity index (χ1n) is 6.47. The fourth-order valence-corrected chi connectivity index (χ4v) is 1.82. The van der Waals surface area contributed by atoms with Gasteiger partial charge in [-0.1, -0.05) is 23.7 Å². The molecule has 5 nitrogen and oxygen atoms in total. The summed E-state index contributed by atoms with van der Waals surface area (Å²) in [6.07, 6.45) is 0. The molecule has 2 amide bonds. The molecule has 0 saturated heterocycles. The monoisotopic (exact) mass is 297 g/mol. The molecule has 110 valence electrons. The van der Waals surface area contributed by atoms with E-state index in [0.717, 1.165) is 5.56 Å². The van der Waals surface area contributed by atoms with Gasteiger partial charge in [0.2, 0.25) is 11.8 Å². The van der Waals surface area contributed by atoms with E-state index in [1.807, 2.05) is 43.1 Å². The third kappa shape index (κ3) is 6.54. The number of hydrogen-bond acceptors (Lipinski definition) is 3. The zero-order valence-electron chi connectivity index (χ0n) is 11.8. The van der Waals surface area contributed by atoms with Crippen LogP contribution in [0.25, 0.3) is 0 Å². The predicted molar refractivity (Wildman–Crippen MR) is 79.5 cm³/mol. The average Bonchev–Trinajstić information content (AvgIpc) is 2.39. The van der Waals surface area contributed by atoms with Crippen LogP contribution >= 0.6 is 11.6 Å². The minimum atomic E-state index is -0.179. The first-order chi connectivity index (χ1) is 9.51. The molecule has 1 aromatic carbocycles. The Morgan fingerprint density at radius 3 is 2.40 bits per heavy atom. The summed E-state index contributed by atoms with van der Waals surface area (Å²) in [6, 6.07) is 7.48. The average molecular weight is 298 g/mol. The summed E-state index contributed by atoms with van der Waals surface area (Å²) in [5.41, 5.74) is 1.08. The lowest BCUT2D eigenvalue weighted by Crippen LogP contribution is -2.41. The van der Waals surface area contributed by atoms with Crippen LogP contribution in [0.1, 0.15) is 12.5 Å². The summed E-state index contributed by atoms with van der Waals surface area (Å²) < 4.78 is 0. The molecule has 0 aromatic heterocycles. The molecule has 0 bridgehead atoms. The number of carbonyl (C=O) groups is 2. The molecule has 0 aliphatic heterocycles. The van der Waals surface area contributed by atoms with E-state index in [-0.39, 0.29) is 24.9 Å². The quantitative estimate of drug-likeness (QED) is 0.790. The van der Waals surface area contributed by atoms with Crippen LogP contribution in [0.5, 0.6) is 0 Å². The molecule has 0 fully saturated rings. The minimum Gasteiger partial charge on any atom is -0.355 e. The number of likely N-dealkylation sites (N-methyl/N-ethyl adjacent to an activating group) is 2. The molecule has 0 aliphatic rings. The van der Waals surface area contributed by atoms with Crippen LogP contribution in [0.4, 0.5) is 0 Å². The highest BCUT2D eigenvalue weighted by molar-refractivity contribution is 6.30. The first kappa shape index (κ1) is 16.5. The molecule has 6 heteroatoms. The summed E-state index contributed by atoms with van der Waals surface area (Å²) in [5.74, 6) is -0.353. The van der Waals surface area contributed by atoms with Crippen LogP contribution < -0.4 is 10.6 Å². The van der Waals surface area contributed by atoms with E-state index in [9.17, 15) is 9.59 Å². The maximum absolute atomic E-state index is 11.7. The van der Waals surface area contributed by atoms with Crippen molar-refractivity contribution >= 4 is 23.4 Å². The van der Waals surface area contributed by atoms with Crippen molar-refractivity contribution in [3.63, 3.8) is 0 Å². The lowest BCUT2D eigenvalue weighted by molar-refractivity contribution is -0.126. The molecule has 0 unspecified atom stereocenters. The third-order valence-corrected chi connectivity index (χ3v) is 2.85. The molecule has 20 heavy (non-hydrogen) atoms. The summed E-state index contributed by atoms with van der Waals surface area (Å²) >= 11 is 5.81. The number of nitrogens with zero attached hydrogens (tertiary/aromatic N) is 1. The van der Waals surface area contributed by atoms with Crippen molar-refractivity contribution in [1.29, 1.82) is 0 Å². The summed E-state index contributed by atoms with van der Waals surface area (Å²) in [4.78, 5) is 24.7. The van der Waals surface area contributed by atoms with Gasteiger partial charge < -0.3 is 10.6 Å². The highest BCUT2D eigenvalue weighted by Crippen LogP contribution is 2.10. The molecule has 0 heterocycles. The molecule has 0 radical (unpaired) electrons. The SMILES string of the molecule is CCNC(=O)CNC(=O)CN(C)Cc1ccc(Cl)cc1. The largest absolute Gasteiger partial charge is 0.355 e. The smallest absolute Gasteiger partial charge is 0.239 e. The zero-order chi connectivity index (χ0) is 15.0. The lowest BCUT2D eigenvalue weighted by Gasteiger charge is -2.16. The van der Waals surface area contributed by atoms with Crippen molar-refractivity contribution in [2.24, 2.45) is 0 Å². The molecule has 0 atom stereocenters. The van der Waals surface area contributed by atoms with Crippen LogP contribution in [-0.4, -0.2) is 43.4 Å². The van der Waals surface area contributed by atoms with Gasteiger partial charge in [-0.15, -0.1) is 0 Å². The second-order valence-electron chi connectivity index (χ2n) is 4.53. The number of hydrogen-bond donors (Lipinski definition) is 2. The maximum Gasteiger partial charge on any atom is 0.239 e. The second kappa shape index (κ2) is 8.55. The van der Waals surface area contributed by atoms with E-state index in [4.69, 9.17) is 11.6 Å². The van der Waals surface area contributed by atoms with Gasteiger partial charge in [0.25, 0.3) is 0 Å². The minimum absolute atomic E-state index is 0.0153. The Morgan fingerprint density at radius 2 is 1.80 bits per heavy atom. The Kier molecular flexibility index (Phi) is 7.04. The van der Waals surface area contributed by atoms with Gasteiger partial charge in [-0.2, -0.15) is 0 Å². The number of carbonyl (C=O) groups excluding carboxylic acids is 2. The van der Waals surface area contributed by atoms with E-state index < -0.39 is 0 Å². The van der Waals surface area contributed by atoms with Gasteiger partial charge >= 0.3 is 0 Å². The van der Waals surface area contributed by atoms with Crippen molar-refractivity contribution < 1.29 is 9.59 Å². The molecule has 0 saturated carbocycles. The Hall–Kier alpha value is -1.59. The van der Waals surface area contributed by atoms with Crippen molar-refractivity contribution in [1.82, 2.24) is 15.5 Å². The second-order valence-corrected chi connectivity index (χ2v) is 4.97. The van der Waals surface area contributed by atoms with E-state index in [1.165, 1.54) is 0 Å². The topological polar surface area (TPSA) is 61.4 Å². The molecular formula is C14H20ClN3O2. The molecule has 0 aliphatic carbocycles. The summed E-state index contributed by atoms with van der Waals surface area (Å²) in [7, 11) is 1.85. The summed E-state index contributed by atoms with van der Waals surface area (Å²) in [5, 5.41) is 5.89. The number of rotatable bonds is 7. The fourth-order valence-electron chi connectivity index (χ4n) is 1.70. The number of nitrogens with one attached hydrogen (secondary N) is 2. The molecule has 2 N–H and O–H groups in total. The van der Waals surface area contributed by atoms with E-state index >= 15 is 0 Å². The zero-order valence-corrected chi connectivity index (χ0v) is 12.5. The van der Waals surface area contributed by atoms with Crippen LogP contribution in [0.15, 0.2) is 24.3 Å². The standard InChI is InChI=1S/C14H20ClN3O2/c1-3-16-13(19)8-17-14(20)10-18(2)9-11-4-6-12(15)7-5-11/h4-7H,3,8-10H2,1-2H3,(H,16,19)(H,17,20).